The average molecular weight is 367 g/mol. The maximum atomic E-state index is 12.3. The number of carbonyl (C=O) groups is 1. The Bertz CT molecular complexity index is 1050. The summed E-state index contributed by atoms with van der Waals surface area (Å²) >= 11 is 0. The molecule has 0 unspecified atom stereocenters. The number of nitro groups is 1. The third-order valence-corrected chi connectivity index (χ3v) is 3.91. The second-order valence-corrected chi connectivity index (χ2v) is 5.75. The van der Waals surface area contributed by atoms with Crippen LogP contribution in [0.3, 0.4) is 0 Å². The molecule has 0 spiro atoms. The van der Waals surface area contributed by atoms with Crippen molar-refractivity contribution in [3.8, 4) is 0 Å². The molecule has 0 saturated heterocycles. The molecule has 3 aromatic rings. The smallest absolute Gasteiger partial charge is 0.292 e. The van der Waals surface area contributed by atoms with Crippen LogP contribution in [0.2, 0.25) is 0 Å². The minimum Gasteiger partial charge on any atom is -0.378 e. The van der Waals surface area contributed by atoms with Gasteiger partial charge in [0.1, 0.15) is 12.2 Å². The molecule has 9 nitrogen and oxygen atoms in total. The van der Waals surface area contributed by atoms with Crippen LogP contribution in [0.4, 0.5) is 11.4 Å². The summed E-state index contributed by atoms with van der Waals surface area (Å²) in [6, 6.07) is 13.2. The fraction of sp³-hybridized carbons (Fsp3) is 0.167. The number of nitrogens with one attached hydrogen (secondary N) is 2. The van der Waals surface area contributed by atoms with Crippen molar-refractivity contribution in [2.24, 2.45) is 0 Å². The maximum Gasteiger partial charge on any atom is 0.292 e. The van der Waals surface area contributed by atoms with Crippen LogP contribution in [-0.4, -0.2) is 33.5 Å². The number of nitro benzene ring substituents is 1. The highest BCUT2D eigenvalue weighted by Gasteiger charge is 2.12. The lowest BCUT2D eigenvalue weighted by atomic mass is 10.2. The largest absolute Gasteiger partial charge is 0.378 e. The van der Waals surface area contributed by atoms with E-state index in [0.717, 1.165) is 0 Å². The number of rotatable bonds is 7. The molecule has 0 fully saturated rings. The summed E-state index contributed by atoms with van der Waals surface area (Å²) in [6.45, 7) is 0.407. The van der Waals surface area contributed by atoms with Gasteiger partial charge in [-0.05, 0) is 18.2 Å². The topological polar surface area (TPSA) is 119 Å². The van der Waals surface area contributed by atoms with Crippen molar-refractivity contribution in [1.29, 1.82) is 0 Å². The highest BCUT2D eigenvalue weighted by molar-refractivity contribution is 5.78. The normalized spacial score (nSPS) is 10.5. The van der Waals surface area contributed by atoms with Gasteiger partial charge in [-0.3, -0.25) is 24.3 Å². The summed E-state index contributed by atoms with van der Waals surface area (Å²) in [5.74, 6) is -0.349. The van der Waals surface area contributed by atoms with Gasteiger partial charge in [-0.15, -0.1) is 0 Å². The number of hydrogen-bond acceptors (Lipinski definition) is 6. The highest BCUT2D eigenvalue weighted by Crippen LogP contribution is 2.22. The van der Waals surface area contributed by atoms with Gasteiger partial charge < -0.3 is 10.6 Å². The summed E-state index contributed by atoms with van der Waals surface area (Å²) in [5.41, 5.74) is 0.644. The first-order valence-corrected chi connectivity index (χ1v) is 8.24. The van der Waals surface area contributed by atoms with Crippen LogP contribution in [0.5, 0.6) is 0 Å². The molecular weight excluding hydrogens is 350 g/mol. The van der Waals surface area contributed by atoms with Gasteiger partial charge >= 0.3 is 0 Å². The molecule has 0 bridgehead atoms. The summed E-state index contributed by atoms with van der Waals surface area (Å²) in [7, 11) is 0. The molecule has 138 valence electrons. The average Bonchev–Trinajstić information content (AvgIpc) is 2.68. The minimum absolute atomic E-state index is 0.0300. The molecule has 1 amide bonds. The van der Waals surface area contributed by atoms with Gasteiger partial charge in [0, 0.05) is 19.2 Å². The zero-order chi connectivity index (χ0) is 19.2. The van der Waals surface area contributed by atoms with Crippen LogP contribution in [0.1, 0.15) is 0 Å². The SMILES string of the molecule is O=C(Cn1cnc2ccccc2c1=O)NCCNc1ccccc1[N+](=O)[O-]. The van der Waals surface area contributed by atoms with Crippen molar-refractivity contribution in [3.05, 3.63) is 75.3 Å². The van der Waals surface area contributed by atoms with E-state index in [9.17, 15) is 19.7 Å². The fourth-order valence-electron chi connectivity index (χ4n) is 2.61. The zero-order valence-electron chi connectivity index (χ0n) is 14.3. The quantitative estimate of drug-likeness (QED) is 0.371. The number of amides is 1. The number of nitrogens with zero attached hydrogens (tertiary/aromatic N) is 3. The van der Waals surface area contributed by atoms with E-state index in [1.807, 2.05) is 0 Å². The molecule has 2 N–H and O–H groups in total. The second-order valence-electron chi connectivity index (χ2n) is 5.75. The summed E-state index contributed by atoms with van der Waals surface area (Å²) in [4.78, 5) is 39.0. The second kappa shape index (κ2) is 8.09. The van der Waals surface area contributed by atoms with Crippen LogP contribution in [-0.2, 0) is 11.3 Å². The molecule has 1 aromatic heterocycles. The number of benzene rings is 2. The molecule has 0 aliphatic carbocycles. The lowest BCUT2D eigenvalue weighted by molar-refractivity contribution is -0.384. The standard InChI is InChI=1S/C18H17N5O4/c24-17(11-22-12-21-14-6-2-1-5-13(14)18(22)25)20-10-9-19-15-7-3-4-8-16(15)23(26)27/h1-8,12,19H,9-11H2,(H,20,24). The van der Waals surface area contributed by atoms with Crippen LogP contribution >= 0.6 is 0 Å². The lowest BCUT2D eigenvalue weighted by Gasteiger charge is -2.09. The number of anilines is 1. The molecule has 0 atom stereocenters. The van der Waals surface area contributed by atoms with Crippen LogP contribution in [0.25, 0.3) is 10.9 Å². The molecule has 3 rings (SSSR count). The number of aromatic nitrogens is 2. The zero-order valence-corrected chi connectivity index (χ0v) is 14.3. The van der Waals surface area contributed by atoms with E-state index >= 15 is 0 Å². The monoisotopic (exact) mass is 367 g/mol. The Balaban J connectivity index is 1.54. The molecule has 0 aliphatic heterocycles. The van der Waals surface area contributed by atoms with Crippen molar-refractivity contribution in [1.82, 2.24) is 14.9 Å². The van der Waals surface area contributed by atoms with E-state index in [4.69, 9.17) is 0 Å². The van der Waals surface area contributed by atoms with E-state index in [1.54, 1.807) is 42.5 Å². The van der Waals surface area contributed by atoms with Gasteiger partial charge in [0.25, 0.3) is 11.2 Å². The molecule has 0 aliphatic rings. The van der Waals surface area contributed by atoms with Crippen molar-refractivity contribution >= 4 is 28.2 Å². The molecule has 0 radical (unpaired) electrons. The third kappa shape index (κ3) is 4.27. The van der Waals surface area contributed by atoms with Crippen LogP contribution < -0.4 is 16.2 Å². The molecule has 1 heterocycles. The highest BCUT2D eigenvalue weighted by atomic mass is 16.6. The number of hydrogen-bond donors (Lipinski definition) is 2. The molecule has 0 saturated carbocycles. The maximum absolute atomic E-state index is 12.3. The Morgan fingerprint density at radius 1 is 1.11 bits per heavy atom. The van der Waals surface area contributed by atoms with Gasteiger partial charge in [0.2, 0.25) is 5.91 Å². The van der Waals surface area contributed by atoms with Gasteiger partial charge in [-0.2, -0.15) is 0 Å². The lowest BCUT2D eigenvalue weighted by Crippen LogP contribution is -2.34. The minimum atomic E-state index is -0.472. The first kappa shape index (κ1) is 18.1. The molecule has 27 heavy (non-hydrogen) atoms. The first-order valence-electron chi connectivity index (χ1n) is 8.24. The van der Waals surface area contributed by atoms with Crippen molar-refractivity contribution in [2.45, 2.75) is 6.54 Å². The molecular formula is C18H17N5O4. The van der Waals surface area contributed by atoms with Gasteiger partial charge in [-0.25, -0.2) is 4.98 Å². The van der Waals surface area contributed by atoms with Crippen LogP contribution in [0.15, 0.2) is 59.7 Å². The van der Waals surface area contributed by atoms with E-state index < -0.39 is 4.92 Å². The summed E-state index contributed by atoms with van der Waals surface area (Å²) in [6.07, 6.45) is 1.34. The number of para-hydroxylation sites is 3. The number of fused-ring (bicyclic) bond motifs is 1. The molecule has 2 aromatic carbocycles. The molecule has 9 heteroatoms. The Kier molecular flexibility index (Phi) is 5.41. The Hall–Kier alpha value is -3.75. The first-order chi connectivity index (χ1) is 13.1. The summed E-state index contributed by atoms with van der Waals surface area (Å²) < 4.78 is 1.24. The van der Waals surface area contributed by atoms with E-state index in [0.29, 0.717) is 23.1 Å². The van der Waals surface area contributed by atoms with Crippen molar-refractivity contribution < 1.29 is 9.72 Å². The van der Waals surface area contributed by atoms with Gasteiger partial charge in [0.15, 0.2) is 0 Å². The van der Waals surface area contributed by atoms with E-state index in [-0.39, 0.29) is 30.2 Å². The predicted molar refractivity (Wildman–Crippen MR) is 101 cm³/mol. The Labute approximate surface area is 153 Å². The Morgan fingerprint density at radius 3 is 2.67 bits per heavy atom. The van der Waals surface area contributed by atoms with Crippen molar-refractivity contribution in [2.75, 3.05) is 18.4 Å². The van der Waals surface area contributed by atoms with Crippen LogP contribution in [0, 0.1) is 10.1 Å². The fourth-order valence-corrected chi connectivity index (χ4v) is 2.61. The predicted octanol–water partition coefficient (Wildman–Crippen LogP) is 1.53. The Morgan fingerprint density at radius 2 is 1.85 bits per heavy atom. The number of carbonyl (C=O) groups excluding carboxylic acids is 1. The van der Waals surface area contributed by atoms with Gasteiger partial charge in [0.05, 0.1) is 22.2 Å². The van der Waals surface area contributed by atoms with Crippen molar-refractivity contribution in [3.63, 3.8) is 0 Å². The summed E-state index contributed by atoms with van der Waals surface area (Å²) in [5, 5.41) is 17.0. The van der Waals surface area contributed by atoms with Gasteiger partial charge in [-0.1, -0.05) is 24.3 Å². The van der Waals surface area contributed by atoms with E-state index in [1.165, 1.54) is 17.0 Å². The van der Waals surface area contributed by atoms with E-state index in [2.05, 4.69) is 15.6 Å². The third-order valence-electron chi connectivity index (χ3n) is 3.91.